The first-order valence-corrected chi connectivity index (χ1v) is 7.61. The summed E-state index contributed by atoms with van der Waals surface area (Å²) in [5, 5.41) is 2.98. The van der Waals surface area contributed by atoms with Crippen molar-refractivity contribution >= 4 is 17.5 Å². The van der Waals surface area contributed by atoms with E-state index in [0.29, 0.717) is 13.0 Å². The molecule has 1 heterocycles. The van der Waals surface area contributed by atoms with Crippen molar-refractivity contribution in [1.82, 2.24) is 5.32 Å². The zero-order valence-corrected chi connectivity index (χ0v) is 13.3. The molecule has 1 aliphatic rings. The van der Waals surface area contributed by atoms with Gasteiger partial charge in [-0.2, -0.15) is 0 Å². The molecule has 4 heteroatoms. The van der Waals surface area contributed by atoms with Crippen LogP contribution in [0.4, 0.5) is 5.69 Å². The molecule has 1 aromatic carbocycles. The lowest BCUT2D eigenvalue weighted by atomic mass is 10.1. The van der Waals surface area contributed by atoms with E-state index < -0.39 is 0 Å². The Labute approximate surface area is 126 Å². The fourth-order valence-corrected chi connectivity index (χ4v) is 2.79. The van der Waals surface area contributed by atoms with Crippen LogP contribution in [0.15, 0.2) is 18.2 Å². The van der Waals surface area contributed by atoms with E-state index in [1.165, 1.54) is 0 Å². The topological polar surface area (TPSA) is 49.4 Å². The third-order valence-electron chi connectivity index (χ3n) is 4.21. The standard InChI is InChI=1S/C17H24N2O2/c1-5-13(4)18-17(21)14-9-15(20)19(10-14)16-11(2)7-6-8-12(16)3/h6-8,13-14H,5,9-10H2,1-4H3,(H,18,21). The van der Waals surface area contributed by atoms with E-state index in [4.69, 9.17) is 0 Å². The van der Waals surface area contributed by atoms with Gasteiger partial charge in [0.25, 0.3) is 0 Å². The first kappa shape index (κ1) is 15.5. The monoisotopic (exact) mass is 288 g/mol. The number of carbonyl (C=O) groups excluding carboxylic acids is 2. The summed E-state index contributed by atoms with van der Waals surface area (Å²) >= 11 is 0. The molecule has 0 aliphatic carbocycles. The second-order valence-corrected chi connectivity index (χ2v) is 5.96. The number of anilines is 1. The number of hydrogen-bond acceptors (Lipinski definition) is 2. The van der Waals surface area contributed by atoms with E-state index in [1.807, 2.05) is 45.9 Å². The van der Waals surface area contributed by atoms with Crippen molar-refractivity contribution in [2.45, 2.75) is 46.6 Å². The summed E-state index contributed by atoms with van der Waals surface area (Å²) in [5.74, 6) is -0.214. The molecule has 1 aliphatic heterocycles. The van der Waals surface area contributed by atoms with Crippen molar-refractivity contribution in [3.05, 3.63) is 29.3 Å². The smallest absolute Gasteiger partial charge is 0.227 e. The van der Waals surface area contributed by atoms with Gasteiger partial charge in [-0.25, -0.2) is 0 Å². The zero-order valence-electron chi connectivity index (χ0n) is 13.3. The molecule has 0 bridgehead atoms. The lowest BCUT2D eigenvalue weighted by Crippen LogP contribution is -2.38. The molecule has 0 radical (unpaired) electrons. The minimum absolute atomic E-state index is 0.00793. The maximum absolute atomic E-state index is 12.3. The summed E-state index contributed by atoms with van der Waals surface area (Å²) in [6.07, 6.45) is 1.20. The van der Waals surface area contributed by atoms with Crippen LogP contribution in [0.5, 0.6) is 0 Å². The van der Waals surface area contributed by atoms with Crippen molar-refractivity contribution < 1.29 is 9.59 Å². The van der Waals surface area contributed by atoms with Crippen molar-refractivity contribution in [2.75, 3.05) is 11.4 Å². The Morgan fingerprint density at radius 2 is 2.00 bits per heavy atom. The molecule has 2 rings (SSSR count). The maximum Gasteiger partial charge on any atom is 0.227 e. The Morgan fingerprint density at radius 1 is 1.38 bits per heavy atom. The number of benzene rings is 1. The first-order chi connectivity index (χ1) is 9.93. The van der Waals surface area contributed by atoms with Crippen LogP contribution in [0.25, 0.3) is 0 Å². The van der Waals surface area contributed by atoms with Crippen molar-refractivity contribution in [1.29, 1.82) is 0 Å². The van der Waals surface area contributed by atoms with Gasteiger partial charge in [0.15, 0.2) is 0 Å². The number of amides is 2. The van der Waals surface area contributed by atoms with Crippen molar-refractivity contribution in [3.8, 4) is 0 Å². The van der Waals surface area contributed by atoms with Gasteiger partial charge in [0.2, 0.25) is 11.8 Å². The predicted molar refractivity (Wildman–Crippen MR) is 84.3 cm³/mol. The Bertz CT molecular complexity index is 533. The molecule has 1 N–H and O–H groups in total. The average molecular weight is 288 g/mol. The molecule has 21 heavy (non-hydrogen) atoms. The highest BCUT2D eigenvalue weighted by Crippen LogP contribution is 2.30. The third kappa shape index (κ3) is 3.26. The average Bonchev–Trinajstić information content (AvgIpc) is 2.81. The minimum Gasteiger partial charge on any atom is -0.353 e. The highest BCUT2D eigenvalue weighted by Gasteiger charge is 2.36. The van der Waals surface area contributed by atoms with E-state index in [-0.39, 0.29) is 23.8 Å². The third-order valence-corrected chi connectivity index (χ3v) is 4.21. The highest BCUT2D eigenvalue weighted by atomic mass is 16.2. The molecule has 4 nitrogen and oxygen atoms in total. The minimum atomic E-state index is -0.245. The van der Waals surface area contributed by atoms with Crippen LogP contribution in [0.2, 0.25) is 0 Å². The quantitative estimate of drug-likeness (QED) is 0.925. The van der Waals surface area contributed by atoms with E-state index in [0.717, 1.165) is 23.2 Å². The van der Waals surface area contributed by atoms with Gasteiger partial charge >= 0.3 is 0 Å². The molecule has 114 valence electrons. The number of nitrogens with one attached hydrogen (secondary N) is 1. The number of nitrogens with zero attached hydrogens (tertiary/aromatic N) is 1. The fourth-order valence-electron chi connectivity index (χ4n) is 2.79. The zero-order chi connectivity index (χ0) is 15.6. The molecular formula is C17H24N2O2. The SMILES string of the molecule is CCC(C)NC(=O)C1CC(=O)N(c2c(C)cccc2C)C1. The van der Waals surface area contributed by atoms with E-state index in [2.05, 4.69) is 5.32 Å². The van der Waals surface area contributed by atoms with Crippen molar-refractivity contribution in [2.24, 2.45) is 5.92 Å². The Kier molecular flexibility index (Phi) is 4.66. The Hall–Kier alpha value is -1.84. The molecule has 1 saturated heterocycles. The highest BCUT2D eigenvalue weighted by molar-refractivity contribution is 6.01. The lowest BCUT2D eigenvalue weighted by molar-refractivity contribution is -0.126. The van der Waals surface area contributed by atoms with Crippen LogP contribution >= 0.6 is 0 Å². The molecule has 2 unspecified atom stereocenters. The van der Waals surface area contributed by atoms with Crippen LogP contribution in [-0.2, 0) is 9.59 Å². The van der Waals surface area contributed by atoms with Crippen LogP contribution in [0.3, 0.4) is 0 Å². The van der Waals surface area contributed by atoms with E-state index >= 15 is 0 Å². The summed E-state index contributed by atoms with van der Waals surface area (Å²) in [7, 11) is 0. The van der Waals surface area contributed by atoms with Gasteiger partial charge in [-0.3, -0.25) is 9.59 Å². The van der Waals surface area contributed by atoms with Gasteiger partial charge in [0, 0.05) is 24.7 Å². The van der Waals surface area contributed by atoms with Crippen LogP contribution < -0.4 is 10.2 Å². The molecular weight excluding hydrogens is 264 g/mol. The van der Waals surface area contributed by atoms with Crippen LogP contribution in [-0.4, -0.2) is 24.4 Å². The summed E-state index contributed by atoms with van der Waals surface area (Å²) in [6, 6.07) is 6.15. The van der Waals surface area contributed by atoms with E-state index in [1.54, 1.807) is 4.90 Å². The van der Waals surface area contributed by atoms with Gasteiger partial charge in [0.1, 0.15) is 0 Å². The van der Waals surface area contributed by atoms with Crippen LogP contribution in [0.1, 0.15) is 37.8 Å². The molecule has 2 amide bonds. The lowest BCUT2D eigenvalue weighted by Gasteiger charge is -2.21. The van der Waals surface area contributed by atoms with Gasteiger partial charge in [-0.05, 0) is 38.3 Å². The number of hydrogen-bond donors (Lipinski definition) is 1. The second-order valence-electron chi connectivity index (χ2n) is 5.96. The van der Waals surface area contributed by atoms with E-state index in [9.17, 15) is 9.59 Å². The number of carbonyl (C=O) groups is 2. The molecule has 2 atom stereocenters. The summed E-state index contributed by atoms with van der Waals surface area (Å²) < 4.78 is 0. The molecule has 0 spiro atoms. The number of rotatable bonds is 4. The summed E-state index contributed by atoms with van der Waals surface area (Å²) in [6.45, 7) is 8.50. The van der Waals surface area contributed by atoms with Gasteiger partial charge in [-0.15, -0.1) is 0 Å². The normalized spacial score (nSPS) is 19.7. The van der Waals surface area contributed by atoms with Gasteiger partial charge in [0.05, 0.1) is 5.92 Å². The van der Waals surface area contributed by atoms with Crippen molar-refractivity contribution in [3.63, 3.8) is 0 Å². The Balaban J connectivity index is 2.15. The predicted octanol–water partition coefficient (Wildman–Crippen LogP) is 2.57. The second kappa shape index (κ2) is 6.29. The summed E-state index contributed by atoms with van der Waals surface area (Å²) in [4.78, 5) is 26.3. The number of para-hydroxylation sites is 1. The Morgan fingerprint density at radius 3 is 2.57 bits per heavy atom. The van der Waals surface area contributed by atoms with Gasteiger partial charge in [-0.1, -0.05) is 25.1 Å². The summed E-state index contributed by atoms with van der Waals surface area (Å²) in [5.41, 5.74) is 3.11. The molecule has 0 saturated carbocycles. The largest absolute Gasteiger partial charge is 0.353 e. The maximum atomic E-state index is 12.3. The van der Waals surface area contributed by atoms with Crippen LogP contribution in [0, 0.1) is 19.8 Å². The molecule has 1 aromatic rings. The number of aryl methyl sites for hydroxylation is 2. The molecule has 0 aromatic heterocycles. The fraction of sp³-hybridized carbons (Fsp3) is 0.529. The first-order valence-electron chi connectivity index (χ1n) is 7.61. The molecule has 1 fully saturated rings. The van der Waals surface area contributed by atoms with Gasteiger partial charge < -0.3 is 10.2 Å².